The number of benzene rings is 1. The molecule has 0 saturated carbocycles. The summed E-state index contributed by atoms with van der Waals surface area (Å²) in [5.41, 5.74) is 1.43. The van der Waals surface area contributed by atoms with E-state index in [0.29, 0.717) is 0 Å². The summed E-state index contributed by atoms with van der Waals surface area (Å²) in [4.78, 5) is 9.37. The summed E-state index contributed by atoms with van der Waals surface area (Å²) in [6.45, 7) is 8.98. The van der Waals surface area contributed by atoms with Crippen LogP contribution < -0.4 is 0 Å². The van der Waals surface area contributed by atoms with Gasteiger partial charge in [-0.3, -0.25) is 0 Å². The van der Waals surface area contributed by atoms with Gasteiger partial charge in [-0.2, -0.15) is 0 Å². The maximum Gasteiger partial charge on any atom is 0.0587 e. The van der Waals surface area contributed by atoms with Gasteiger partial charge in [0.15, 0.2) is 0 Å². The fourth-order valence-electron chi connectivity index (χ4n) is 3.92. The molecule has 1 aromatic carbocycles. The third kappa shape index (κ3) is 6.77. The van der Waals surface area contributed by atoms with Crippen LogP contribution in [0.1, 0.15) is 58.9 Å². The van der Waals surface area contributed by atoms with Crippen molar-refractivity contribution in [3.05, 3.63) is 35.9 Å². The topological polar surface area (TPSA) is 24.7 Å². The van der Waals surface area contributed by atoms with E-state index in [1.165, 1.54) is 5.56 Å². The van der Waals surface area contributed by atoms with E-state index in [4.69, 9.17) is 24.4 Å². The maximum absolute atomic E-state index is 4.99. The third-order valence-electron chi connectivity index (χ3n) is 5.90. The van der Waals surface area contributed by atoms with Gasteiger partial charge in [0, 0.05) is 0 Å². The molecule has 0 aliphatic heterocycles. The molecule has 1 aromatic rings. The minimum absolute atomic E-state index is 0.0445. The highest BCUT2D eigenvalue weighted by atomic mass is 32.1. The first-order valence-corrected chi connectivity index (χ1v) is 13.6. The summed E-state index contributed by atoms with van der Waals surface area (Å²) < 4.78 is 0. The highest BCUT2D eigenvalue weighted by Gasteiger charge is 2.35. The molecular formula is C20H32N2S2Si2. The predicted octanol–water partition coefficient (Wildman–Crippen LogP) is 4.55. The molecule has 1 rings (SSSR count). The smallest absolute Gasteiger partial charge is 0.0587 e. The fourth-order valence-corrected chi connectivity index (χ4v) is 12.9. The van der Waals surface area contributed by atoms with E-state index in [0.717, 1.165) is 37.3 Å². The van der Waals surface area contributed by atoms with Crippen LogP contribution in [0, 0.1) is 0 Å². The van der Waals surface area contributed by atoms with Gasteiger partial charge >= 0.3 is 0 Å². The van der Waals surface area contributed by atoms with E-state index in [-0.39, 0.29) is 10.3 Å². The molecule has 0 aliphatic carbocycles. The van der Waals surface area contributed by atoms with E-state index in [1.54, 1.807) is 0 Å². The largest absolute Gasteiger partial charge is 0.230 e. The number of rotatable bonds is 12. The molecule has 0 spiro atoms. The summed E-state index contributed by atoms with van der Waals surface area (Å²) in [7, 11) is -0.987. The van der Waals surface area contributed by atoms with Gasteiger partial charge in [0.05, 0.1) is 39.7 Å². The van der Waals surface area contributed by atoms with Crippen LogP contribution in [0.3, 0.4) is 0 Å². The van der Waals surface area contributed by atoms with Gasteiger partial charge in [-0.25, -0.2) is 9.98 Å². The Morgan fingerprint density at radius 3 is 1.62 bits per heavy atom. The Labute approximate surface area is 174 Å². The molecule has 0 radical (unpaired) electrons. The van der Waals surface area contributed by atoms with Crippen molar-refractivity contribution in [1.82, 2.24) is 0 Å². The summed E-state index contributed by atoms with van der Waals surface area (Å²) in [6.07, 6.45) is 5.37. The van der Waals surface area contributed by atoms with Gasteiger partial charge in [0.2, 0.25) is 0 Å². The second kappa shape index (κ2) is 11.9. The summed E-state index contributed by atoms with van der Waals surface area (Å²) in [5, 5.41) is 6.23. The van der Waals surface area contributed by atoms with E-state index < -0.39 is 19.0 Å². The van der Waals surface area contributed by atoms with Gasteiger partial charge in [0.1, 0.15) is 0 Å². The predicted molar refractivity (Wildman–Crippen MR) is 128 cm³/mol. The molecule has 0 amide bonds. The van der Waals surface area contributed by atoms with Crippen molar-refractivity contribution in [2.45, 2.75) is 75.3 Å². The quantitative estimate of drug-likeness (QED) is 0.281. The Kier molecular flexibility index (Phi) is 10.6. The molecule has 6 heteroatoms. The monoisotopic (exact) mass is 420 g/mol. The number of nitrogens with zero attached hydrogens (tertiary/aromatic N) is 2. The van der Waals surface area contributed by atoms with Gasteiger partial charge in [-0.05, 0) is 62.1 Å². The third-order valence-corrected chi connectivity index (χ3v) is 13.4. The van der Waals surface area contributed by atoms with Gasteiger partial charge in [0.25, 0.3) is 0 Å². The lowest BCUT2D eigenvalue weighted by atomic mass is 10.1. The zero-order valence-electron chi connectivity index (χ0n) is 16.6. The van der Waals surface area contributed by atoms with Crippen molar-refractivity contribution in [3.63, 3.8) is 0 Å². The van der Waals surface area contributed by atoms with Crippen LogP contribution in [0.5, 0.6) is 0 Å². The number of aliphatic imine (C=N–C) groups is 2. The Morgan fingerprint density at radius 1 is 0.846 bits per heavy atom. The van der Waals surface area contributed by atoms with Crippen molar-refractivity contribution >= 4 is 53.8 Å². The van der Waals surface area contributed by atoms with Crippen molar-refractivity contribution < 1.29 is 0 Å². The highest BCUT2D eigenvalue weighted by Crippen LogP contribution is 2.30. The zero-order chi connectivity index (χ0) is 19.5. The molecule has 26 heavy (non-hydrogen) atoms. The molecule has 0 unspecified atom stereocenters. The SMILES string of the molecule is CCC(CC)(N=C=S)[SiH2]C(Cc1ccccc1)[SiH2]C(CC)(CC)N=C=S. The molecule has 0 aromatic heterocycles. The first-order chi connectivity index (χ1) is 12.5. The Morgan fingerprint density at radius 2 is 1.27 bits per heavy atom. The zero-order valence-corrected chi connectivity index (χ0v) is 21.1. The first-order valence-electron chi connectivity index (χ1n) is 9.74. The summed E-state index contributed by atoms with van der Waals surface area (Å²) in [6, 6.07) is 10.9. The lowest BCUT2D eigenvalue weighted by Gasteiger charge is -2.35. The van der Waals surface area contributed by atoms with Gasteiger partial charge < -0.3 is 0 Å². The van der Waals surface area contributed by atoms with E-state index in [9.17, 15) is 0 Å². The molecule has 0 N–H and O–H groups in total. The van der Waals surface area contributed by atoms with Crippen LogP contribution in [0.4, 0.5) is 0 Å². The normalized spacial score (nSPS) is 13.7. The second-order valence-corrected chi connectivity index (χ2v) is 14.5. The molecule has 142 valence electrons. The molecule has 0 aliphatic rings. The average molecular weight is 421 g/mol. The molecule has 2 nitrogen and oxygen atoms in total. The van der Waals surface area contributed by atoms with Crippen LogP contribution in [-0.4, -0.2) is 39.7 Å². The molecule has 0 heterocycles. The van der Waals surface area contributed by atoms with Crippen molar-refractivity contribution in [1.29, 1.82) is 0 Å². The van der Waals surface area contributed by atoms with Gasteiger partial charge in [-0.1, -0.05) is 63.2 Å². The van der Waals surface area contributed by atoms with Crippen LogP contribution in [0.25, 0.3) is 0 Å². The lowest BCUT2D eigenvalue weighted by molar-refractivity contribution is 0.539. The Bertz CT molecular complexity index is 594. The number of hydrogen-bond donors (Lipinski definition) is 0. The fraction of sp³-hybridized carbons (Fsp3) is 0.600. The number of isothiocyanates is 2. The minimum atomic E-state index is -0.494. The first kappa shape index (κ1) is 23.3. The number of thiocarbonyl (C=S) groups is 2. The maximum atomic E-state index is 4.99. The lowest BCUT2D eigenvalue weighted by Crippen LogP contribution is -2.44. The van der Waals surface area contributed by atoms with Gasteiger partial charge in [-0.15, -0.1) is 0 Å². The number of hydrogen-bond acceptors (Lipinski definition) is 4. The van der Waals surface area contributed by atoms with Crippen LogP contribution >= 0.6 is 24.4 Å². The van der Waals surface area contributed by atoms with E-state index in [2.05, 4.69) is 78.3 Å². The van der Waals surface area contributed by atoms with Crippen LogP contribution in [0.2, 0.25) is 5.16 Å². The van der Waals surface area contributed by atoms with E-state index >= 15 is 0 Å². The van der Waals surface area contributed by atoms with Crippen LogP contribution in [0.15, 0.2) is 40.3 Å². The van der Waals surface area contributed by atoms with E-state index in [1.807, 2.05) is 0 Å². The average Bonchev–Trinajstić information content (AvgIpc) is 2.67. The molecule has 0 saturated heterocycles. The Hall–Kier alpha value is -0.746. The summed E-state index contributed by atoms with van der Waals surface area (Å²) in [5.74, 6) is 0. The second-order valence-electron chi connectivity index (χ2n) is 7.23. The van der Waals surface area contributed by atoms with Crippen LogP contribution in [-0.2, 0) is 6.42 Å². The molecule has 0 fully saturated rings. The standard InChI is InChI=1S/C20H32N2S2Si2/c1-5-19(6-2,21-15-23)25-18(14-17-12-10-9-11-13-17)26-20(7-3,8-4)22-16-24/h9-13,18H,5-8,14,25-26H2,1-4H3. The minimum Gasteiger partial charge on any atom is -0.230 e. The van der Waals surface area contributed by atoms with Crippen molar-refractivity contribution in [3.8, 4) is 0 Å². The molecule has 0 atom stereocenters. The molecular weight excluding hydrogens is 389 g/mol. The van der Waals surface area contributed by atoms with Crippen molar-refractivity contribution in [2.24, 2.45) is 9.98 Å². The molecule has 0 bridgehead atoms. The Balaban J connectivity index is 3.19. The summed E-state index contributed by atoms with van der Waals surface area (Å²) >= 11 is 9.97. The highest BCUT2D eigenvalue weighted by molar-refractivity contribution is 7.78. The van der Waals surface area contributed by atoms with Crippen molar-refractivity contribution in [2.75, 3.05) is 0 Å².